The van der Waals surface area contributed by atoms with Crippen molar-refractivity contribution in [2.75, 3.05) is 12.3 Å². The number of benzene rings is 1. The number of aromatic nitrogens is 1. The summed E-state index contributed by atoms with van der Waals surface area (Å²) in [5.41, 5.74) is 6.08. The third-order valence-corrected chi connectivity index (χ3v) is 5.66. The lowest BCUT2D eigenvalue weighted by molar-refractivity contribution is -0.124. The Morgan fingerprint density at radius 1 is 1.07 bits per heavy atom. The molecule has 1 aliphatic heterocycles. The summed E-state index contributed by atoms with van der Waals surface area (Å²) in [6, 6.07) is 10.9. The quantitative estimate of drug-likeness (QED) is 0.411. The molecule has 1 aromatic carbocycles. The highest BCUT2D eigenvalue weighted by atomic mass is 32.2. The van der Waals surface area contributed by atoms with Gasteiger partial charge in [-0.3, -0.25) is 30.1 Å². The fourth-order valence-electron chi connectivity index (χ4n) is 2.79. The molecule has 28 heavy (non-hydrogen) atoms. The smallest absolute Gasteiger partial charge is 0.271 e. The van der Waals surface area contributed by atoms with Gasteiger partial charge in [-0.25, -0.2) is 0 Å². The minimum absolute atomic E-state index is 0.0214. The number of hydrazine groups is 1. The van der Waals surface area contributed by atoms with Gasteiger partial charge in [0.1, 0.15) is 4.32 Å². The lowest BCUT2D eigenvalue weighted by atomic mass is 10.1. The van der Waals surface area contributed by atoms with Crippen LogP contribution in [-0.2, 0) is 9.59 Å². The van der Waals surface area contributed by atoms with Crippen molar-refractivity contribution in [3.05, 3.63) is 54.4 Å². The van der Waals surface area contributed by atoms with E-state index in [4.69, 9.17) is 12.2 Å². The summed E-state index contributed by atoms with van der Waals surface area (Å²) < 4.78 is 2.43. The van der Waals surface area contributed by atoms with Gasteiger partial charge >= 0.3 is 0 Å². The molecule has 0 saturated carbocycles. The molecule has 0 radical (unpaired) electrons. The maximum Gasteiger partial charge on any atom is 0.271 e. The molecule has 7 nitrogen and oxygen atoms in total. The van der Waals surface area contributed by atoms with Crippen LogP contribution in [0.25, 0.3) is 5.69 Å². The SMILES string of the molecule is O=C(CCCCN1C(=O)CSC1=S)NNC(=O)c1ccccc1-n1cccc1. The number of thioether (sulfide) groups is 1. The first kappa shape index (κ1) is 20.1. The van der Waals surface area contributed by atoms with E-state index in [-0.39, 0.29) is 24.1 Å². The molecule has 1 aromatic heterocycles. The molecule has 146 valence electrons. The summed E-state index contributed by atoms with van der Waals surface area (Å²) in [5, 5.41) is 0. The summed E-state index contributed by atoms with van der Waals surface area (Å²) in [6.45, 7) is 0.522. The number of hydrogen-bond acceptors (Lipinski definition) is 5. The van der Waals surface area contributed by atoms with E-state index in [1.807, 2.05) is 41.2 Å². The Kier molecular flexibility index (Phi) is 6.83. The first-order chi connectivity index (χ1) is 13.6. The van der Waals surface area contributed by atoms with E-state index < -0.39 is 0 Å². The minimum atomic E-state index is -0.386. The number of para-hydroxylation sites is 1. The van der Waals surface area contributed by atoms with Gasteiger partial charge in [0.2, 0.25) is 11.8 Å². The van der Waals surface area contributed by atoms with Gasteiger partial charge < -0.3 is 4.57 Å². The van der Waals surface area contributed by atoms with Crippen LogP contribution >= 0.6 is 24.0 Å². The Bertz CT molecular complexity index is 867. The summed E-state index contributed by atoms with van der Waals surface area (Å²) in [7, 11) is 0. The highest BCUT2D eigenvalue weighted by Gasteiger charge is 2.25. The molecule has 2 N–H and O–H groups in total. The number of unbranched alkanes of at least 4 members (excludes halogenated alkanes) is 1. The number of carbonyl (C=O) groups is 3. The van der Waals surface area contributed by atoms with Gasteiger partial charge in [0.15, 0.2) is 0 Å². The molecule has 3 rings (SSSR count). The Morgan fingerprint density at radius 3 is 2.54 bits per heavy atom. The first-order valence-electron chi connectivity index (χ1n) is 8.85. The van der Waals surface area contributed by atoms with E-state index in [1.54, 1.807) is 17.0 Å². The van der Waals surface area contributed by atoms with Gasteiger partial charge in [-0.2, -0.15) is 0 Å². The van der Waals surface area contributed by atoms with Crippen LogP contribution in [0.3, 0.4) is 0 Å². The van der Waals surface area contributed by atoms with Gasteiger partial charge in [0.05, 0.1) is 17.0 Å². The molecular weight excluding hydrogens is 396 g/mol. The number of rotatable bonds is 7. The van der Waals surface area contributed by atoms with Crippen molar-refractivity contribution in [2.45, 2.75) is 19.3 Å². The number of nitrogens with one attached hydrogen (secondary N) is 2. The molecule has 1 fully saturated rings. The molecule has 0 aliphatic carbocycles. The van der Waals surface area contributed by atoms with Crippen molar-refractivity contribution < 1.29 is 14.4 Å². The average Bonchev–Trinajstić information content (AvgIpc) is 3.34. The van der Waals surface area contributed by atoms with Crippen LogP contribution in [0, 0.1) is 0 Å². The average molecular weight is 417 g/mol. The van der Waals surface area contributed by atoms with Crippen molar-refractivity contribution >= 4 is 46.0 Å². The standard InChI is InChI=1S/C19H20N4O3S2/c24-16(9-3-4-12-23-17(25)13-28-19(23)27)20-21-18(26)14-7-1-2-8-15(14)22-10-5-6-11-22/h1-2,5-8,10-11H,3-4,9,12-13H2,(H,20,24)(H,21,26). The zero-order valence-electron chi connectivity index (χ0n) is 15.1. The van der Waals surface area contributed by atoms with Crippen molar-refractivity contribution in [1.29, 1.82) is 0 Å². The molecule has 1 saturated heterocycles. The predicted molar refractivity (Wildman–Crippen MR) is 112 cm³/mol. The number of amides is 3. The Morgan fingerprint density at radius 2 is 1.82 bits per heavy atom. The Labute approximate surface area is 172 Å². The highest BCUT2D eigenvalue weighted by Crippen LogP contribution is 2.19. The molecule has 0 spiro atoms. The van der Waals surface area contributed by atoms with E-state index in [9.17, 15) is 14.4 Å². The second kappa shape index (κ2) is 9.52. The van der Waals surface area contributed by atoms with Crippen molar-refractivity contribution in [3.8, 4) is 5.69 Å². The largest absolute Gasteiger partial charge is 0.323 e. The third-order valence-electron chi connectivity index (χ3n) is 4.22. The van der Waals surface area contributed by atoms with Crippen molar-refractivity contribution in [2.24, 2.45) is 0 Å². The van der Waals surface area contributed by atoms with E-state index in [2.05, 4.69) is 10.9 Å². The number of carbonyl (C=O) groups excluding carboxylic acids is 3. The molecule has 9 heteroatoms. The second-order valence-electron chi connectivity index (χ2n) is 6.17. The first-order valence-corrected chi connectivity index (χ1v) is 10.2. The lowest BCUT2D eigenvalue weighted by Crippen LogP contribution is -2.41. The van der Waals surface area contributed by atoms with E-state index in [1.165, 1.54) is 11.8 Å². The molecule has 0 unspecified atom stereocenters. The van der Waals surface area contributed by atoms with Crippen LogP contribution in [0.5, 0.6) is 0 Å². The fraction of sp³-hybridized carbons (Fsp3) is 0.263. The zero-order valence-corrected chi connectivity index (χ0v) is 16.7. The van der Waals surface area contributed by atoms with Crippen LogP contribution in [-0.4, -0.2) is 43.8 Å². The molecular formula is C19H20N4O3S2. The van der Waals surface area contributed by atoms with Gasteiger partial charge in [-0.1, -0.05) is 36.1 Å². The molecule has 0 bridgehead atoms. The number of thiocarbonyl (C=S) groups is 1. The van der Waals surface area contributed by atoms with Crippen LogP contribution in [0.1, 0.15) is 29.6 Å². The molecule has 1 aliphatic rings. The van der Waals surface area contributed by atoms with Gasteiger partial charge in [0.25, 0.3) is 5.91 Å². The maximum atomic E-state index is 12.4. The lowest BCUT2D eigenvalue weighted by Gasteiger charge is -2.14. The topological polar surface area (TPSA) is 83.4 Å². The van der Waals surface area contributed by atoms with Crippen molar-refractivity contribution in [3.63, 3.8) is 0 Å². The molecule has 3 amide bonds. The molecule has 2 aromatic rings. The van der Waals surface area contributed by atoms with E-state index >= 15 is 0 Å². The van der Waals surface area contributed by atoms with Crippen LogP contribution in [0.4, 0.5) is 0 Å². The monoisotopic (exact) mass is 416 g/mol. The summed E-state index contributed by atoms with van der Waals surface area (Å²) >= 11 is 6.48. The molecule has 0 atom stereocenters. The second-order valence-corrected chi connectivity index (χ2v) is 7.78. The minimum Gasteiger partial charge on any atom is -0.323 e. The van der Waals surface area contributed by atoms with E-state index in [0.29, 0.717) is 35.0 Å². The maximum absolute atomic E-state index is 12.4. The van der Waals surface area contributed by atoms with Crippen LogP contribution in [0.2, 0.25) is 0 Å². The Hall–Kier alpha value is -2.65. The predicted octanol–water partition coefficient (Wildman–Crippen LogP) is 2.27. The van der Waals surface area contributed by atoms with Crippen molar-refractivity contribution in [1.82, 2.24) is 20.3 Å². The highest BCUT2D eigenvalue weighted by molar-refractivity contribution is 8.23. The summed E-state index contributed by atoms with van der Waals surface area (Å²) in [6.07, 6.45) is 5.21. The van der Waals surface area contributed by atoms with Crippen LogP contribution in [0.15, 0.2) is 48.8 Å². The molecule has 2 heterocycles. The van der Waals surface area contributed by atoms with E-state index in [0.717, 1.165) is 5.69 Å². The number of hydrogen-bond donors (Lipinski definition) is 2. The summed E-state index contributed by atoms with van der Waals surface area (Å²) in [5.74, 6) is -0.247. The van der Waals surface area contributed by atoms with Gasteiger partial charge in [0, 0.05) is 25.4 Å². The Balaban J connectivity index is 1.43. The fourth-order valence-corrected chi connectivity index (χ4v) is 3.92. The zero-order chi connectivity index (χ0) is 19.9. The summed E-state index contributed by atoms with van der Waals surface area (Å²) in [4.78, 5) is 37.6. The van der Waals surface area contributed by atoms with Gasteiger partial charge in [-0.15, -0.1) is 0 Å². The van der Waals surface area contributed by atoms with Gasteiger partial charge in [-0.05, 0) is 37.1 Å². The normalized spacial score (nSPS) is 13.6. The van der Waals surface area contributed by atoms with Crippen LogP contribution < -0.4 is 10.9 Å². The third kappa shape index (κ3) is 4.99. The number of nitrogens with zero attached hydrogens (tertiary/aromatic N) is 2.